The second-order valence-electron chi connectivity index (χ2n) is 4.66. The highest BCUT2D eigenvalue weighted by Gasteiger charge is 2.07. The third kappa shape index (κ3) is 4.58. The van der Waals surface area contributed by atoms with Crippen molar-refractivity contribution in [2.24, 2.45) is 5.73 Å². The number of halogens is 1. The molecule has 0 aromatic heterocycles. The smallest absolute Gasteiger partial charge is 0.262 e. The fourth-order valence-corrected chi connectivity index (χ4v) is 2.23. The van der Waals surface area contributed by atoms with Crippen molar-refractivity contribution in [3.63, 3.8) is 0 Å². The standard InChI is InChI=1S/C16H17BrN2O2/c1-11-2-5-14(6-3-11)19-16(20)10-21-15-7-4-13(17)8-12(15)9-18/h2-8H,9-10,18H2,1H3,(H,19,20). The molecule has 0 aliphatic carbocycles. The molecule has 1 amide bonds. The summed E-state index contributed by atoms with van der Waals surface area (Å²) in [6.45, 7) is 2.30. The van der Waals surface area contributed by atoms with Gasteiger partial charge in [0, 0.05) is 22.3 Å². The minimum absolute atomic E-state index is 0.0531. The average molecular weight is 349 g/mol. The molecule has 0 heterocycles. The van der Waals surface area contributed by atoms with E-state index < -0.39 is 0 Å². The lowest BCUT2D eigenvalue weighted by atomic mass is 10.2. The Labute approximate surface area is 132 Å². The predicted molar refractivity (Wildman–Crippen MR) is 87.3 cm³/mol. The van der Waals surface area contributed by atoms with Gasteiger partial charge in [-0.2, -0.15) is 0 Å². The molecule has 0 saturated carbocycles. The van der Waals surface area contributed by atoms with Gasteiger partial charge in [0.15, 0.2) is 6.61 Å². The molecule has 0 aliphatic heterocycles. The third-order valence-electron chi connectivity index (χ3n) is 2.94. The van der Waals surface area contributed by atoms with Gasteiger partial charge in [-0.05, 0) is 37.3 Å². The van der Waals surface area contributed by atoms with E-state index in [0.717, 1.165) is 21.3 Å². The Bertz CT molecular complexity index is 627. The van der Waals surface area contributed by atoms with E-state index in [1.165, 1.54) is 0 Å². The molecule has 0 unspecified atom stereocenters. The number of rotatable bonds is 5. The molecular weight excluding hydrogens is 332 g/mol. The number of benzene rings is 2. The van der Waals surface area contributed by atoms with Gasteiger partial charge in [-0.25, -0.2) is 0 Å². The van der Waals surface area contributed by atoms with E-state index in [4.69, 9.17) is 10.5 Å². The van der Waals surface area contributed by atoms with Crippen LogP contribution >= 0.6 is 15.9 Å². The van der Waals surface area contributed by atoms with E-state index in [9.17, 15) is 4.79 Å². The SMILES string of the molecule is Cc1ccc(NC(=O)COc2ccc(Br)cc2CN)cc1. The number of aryl methyl sites for hydroxylation is 1. The summed E-state index contributed by atoms with van der Waals surface area (Å²) in [6, 6.07) is 13.1. The molecule has 3 N–H and O–H groups in total. The lowest BCUT2D eigenvalue weighted by Gasteiger charge is -2.11. The van der Waals surface area contributed by atoms with Crippen LogP contribution < -0.4 is 15.8 Å². The van der Waals surface area contributed by atoms with Crippen molar-refractivity contribution in [3.05, 3.63) is 58.1 Å². The van der Waals surface area contributed by atoms with Crippen LogP contribution in [0.1, 0.15) is 11.1 Å². The van der Waals surface area contributed by atoms with E-state index in [0.29, 0.717) is 12.3 Å². The summed E-state index contributed by atoms with van der Waals surface area (Å²) in [7, 11) is 0. The molecule has 0 fully saturated rings. The molecule has 21 heavy (non-hydrogen) atoms. The van der Waals surface area contributed by atoms with Crippen LogP contribution in [0.15, 0.2) is 46.9 Å². The van der Waals surface area contributed by atoms with Gasteiger partial charge in [-0.3, -0.25) is 4.79 Å². The maximum atomic E-state index is 11.9. The van der Waals surface area contributed by atoms with Crippen molar-refractivity contribution in [2.75, 3.05) is 11.9 Å². The quantitative estimate of drug-likeness (QED) is 0.871. The van der Waals surface area contributed by atoms with Gasteiger partial charge in [0.05, 0.1) is 0 Å². The fourth-order valence-electron chi connectivity index (χ4n) is 1.83. The third-order valence-corrected chi connectivity index (χ3v) is 3.43. The molecular formula is C16H17BrN2O2. The Kier molecular flexibility index (Phi) is 5.36. The van der Waals surface area contributed by atoms with E-state index in [2.05, 4.69) is 21.2 Å². The van der Waals surface area contributed by atoms with Crippen LogP contribution in [0.25, 0.3) is 0 Å². The number of amides is 1. The van der Waals surface area contributed by atoms with E-state index in [1.807, 2.05) is 43.3 Å². The maximum Gasteiger partial charge on any atom is 0.262 e. The first-order chi connectivity index (χ1) is 10.1. The second-order valence-corrected chi connectivity index (χ2v) is 5.57. The molecule has 0 saturated heterocycles. The van der Waals surface area contributed by atoms with Gasteiger partial charge in [0.1, 0.15) is 5.75 Å². The van der Waals surface area contributed by atoms with Gasteiger partial charge in [-0.1, -0.05) is 33.6 Å². The highest BCUT2D eigenvalue weighted by molar-refractivity contribution is 9.10. The highest BCUT2D eigenvalue weighted by atomic mass is 79.9. The minimum Gasteiger partial charge on any atom is -0.483 e. The van der Waals surface area contributed by atoms with Gasteiger partial charge in [0.25, 0.3) is 5.91 Å². The van der Waals surface area contributed by atoms with Crippen molar-refractivity contribution in [1.82, 2.24) is 0 Å². The Morgan fingerprint density at radius 3 is 2.62 bits per heavy atom. The van der Waals surface area contributed by atoms with Gasteiger partial charge in [0.2, 0.25) is 0 Å². The topological polar surface area (TPSA) is 64.3 Å². The number of nitrogens with two attached hydrogens (primary N) is 1. The lowest BCUT2D eigenvalue weighted by molar-refractivity contribution is -0.118. The molecule has 2 rings (SSSR count). The first kappa shape index (κ1) is 15.5. The summed E-state index contributed by atoms with van der Waals surface area (Å²) in [6.07, 6.45) is 0. The molecule has 2 aromatic carbocycles. The first-order valence-electron chi connectivity index (χ1n) is 6.56. The summed E-state index contributed by atoms with van der Waals surface area (Å²) in [4.78, 5) is 11.9. The number of hydrogen-bond acceptors (Lipinski definition) is 3. The zero-order chi connectivity index (χ0) is 15.2. The van der Waals surface area contributed by atoms with Gasteiger partial charge in [-0.15, -0.1) is 0 Å². The predicted octanol–water partition coefficient (Wildman–Crippen LogP) is 3.23. The Balaban J connectivity index is 1.93. The van der Waals surface area contributed by atoms with Crippen molar-refractivity contribution < 1.29 is 9.53 Å². The maximum absolute atomic E-state index is 11.9. The zero-order valence-corrected chi connectivity index (χ0v) is 13.3. The van der Waals surface area contributed by atoms with Crippen molar-refractivity contribution in [1.29, 1.82) is 0 Å². The first-order valence-corrected chi connectivity index (χ1v) is 7.35. The summed E-state index contributed by atoms with van der Waals surface area (Å²) < 4.78 is 6.46. The molecule has 4 nitrogen and oxygen atoms in total. The number of nitrogens with one attached hydrogen (secondary N) is 1. The molecule has 110 valence electrons. The zero-order valence-electron chi connectivity index (χ0n) is 11.7. The summed E-state index contributed by atoms with van der Waals surface area (Å²) in [5.74, 6) is 0.421. The van der Waals surface area contributed by atoms with E-state index in [-0.39, 0.29) is 12.5 Å². The largest absolute Gasteiger partial charge is 0.483 e. The van der Waals surface area contributed by atoms with Crippen molar-refractivity contribution in [2.45, 2.75) is 13.5 Å². The molecule has 0 aliphatic rings. The number of carbonyl (C=O) groups is 1. The summed E-state index contributed by atoms with van der Waals surface area (Å²) in [5, 5.41) is 2.78. The second kappa shape index (κ2) is 7.24. The molecule has 2 aromatic rings. The monoisotopic (exact) mass is 348 g/mol. The van der Waals surface area contributed by atoms with Gasteiger partial charge >= 0.3 is 0 Å². The van der Waals surface area contributed by atoms with Crippen molar-refractivity contribution in [3.8, 4) is 5.75 Å². The molecule has 0 atom stereocenters. The van der Waals surface area contributed by atoms with Crippen LogP contribution in [0.3, 0.4) is 0 Å². The number of hydrogen-bond donors (Lipinski definition) is 2. The van der Waals surface area contributed by atoms with Crippen LogP contribution in [0.2, 0.25) is 0 Å². The molecule has 0 bridgehead atoms. The Morgan fingerprint density at radius 1 is 1.24 bits per heavy atom. The fraction of sp³-hybridized carbons (Fsp3) is 0.188. The summed E-state index contributed by atoms with van der Waals surface area (Å²) in [5.41, 5.74) is 8.42. The van der Waals surface area contributed by atoms with Gasteiger partial charge < -0.3 is 15.8 Å². The number of carbonyl (C=O) groups excluding carboxylic acids is 1. The molecule has 0 radical (unpaired) electrons. The van der Waals surface area contributed by atoms with Crippen molar-refractivity contribution >= 4 is 27.5 Å². The van der Waals surface area contributed by atoms with Crippen LogP contribution in [-0.4, -0.2) is 12.5 Å². The summed E-state index contributed by atoms with van der Waals surface area (Å²) >= 11 is 3.38. The number of ether oxygens (including phenoxy) is 1. The van der Waals surface area contributed by atoms with E-state index >= 15 is 0 Å². The van der Waals surface area contributed by atoms with Crippen LogP contribution in [0, 0.1) is 6.92 Å². The Hall–Kier alpha value is -1.85. The highest BCUT2D eigenvalue weighted by Crippen LogP contribution is 2.22. The minimum atomic E-state index is -0.204. The van der Waals surface area contributed by atoms with E-state index in [1.54, 1.807) is 6.07 Å². The molecule has 5 heteroatoms. The Morgan fingerprint density at radius 2 is 1.95 bits per heavy atom. The molecule has 0 spiro atoms. The average Bonchev–Trinajstić information content (AvgIpc) is 2.48. The lowest BCUT2D eigenvalue weighted by Crippen LogP contribution is -2.20. The van der Waals surface area contributed by atoms with Crippen LogP contribution in [-0.2, 0) is 11.3 Å². The van der Waals surface area contributed by atoms with Crippen LogP contribution in [0.4, 0.5) is 5.69 Å². The number of anilines is 1. The normalized spacial score (nSPS) is 10.2. The van der Waals surface area contributed by atoms with Crippen LogP contribution in [0.5, 0.6) is 5.75 Å².